The molecule has 0 aromatic heterocycles. The third-order valence-corrected chi connectivity index (χ3v) is 2.37. The Morgan fingerprint density at radius 2 is 2.19 bits per heavy atom. The number of esters is 1. The molecule has 0 unspecified atom stereocenters. The van der Waals surface area contributed by atoms with E-state index in [1.165, 1.54) is 19.2 Å². The molecule has 16 heavy (non-hydrogen) atoms. The average Bonchev–Trinajstić information content (AvgIpc) is 2.30. The second kappa shape index (κ2) is 5.17. The van der Waals surface area contributed by atoms with Crippen LogP contribution in [0.2, 0.25) is 0 Å². The summed E-state index contributed by atoms with van der Waals surface area (Å²) >= 11 is 0. The number of carbonyl (C=O) groups is 1. The minimum atomic E-state index is -0.441. The van der Waals surface area contributed by atoms with Crippen LogP contribution in [0, 0.1) is 11.3 Å². The Kier molecular flexibility index (Phi) is 3.90. The first-order valence-electron chi connectivity index (χ1n) is 4.94. The number of methoxy groups -OCH3 is 1. The van der Waals surface area contributed by atoms with Gasteiger partial charge in [-0.1, -0.05) is 6.92 Å². The molecule has 0 amide bonds. The molecule has 4 heteroatoms. The maximum atomic E-state index is 11.1. The standard InChI is InChI=1S/C12H13NO3/c1-3-8-5-11(14)9(4-10(8)7-13)6-12(15)16-2/h4-5,14H,3,6H2,1-2H3. The van der Waals surface area contributed by atoms with Crippen molar-refractivity contribution in [3.63, 3.8) is 0 Å². The lowest BCUT2D eigenvalue weighted by Gasteiger charge is -2.07. The molecule has 0 atom stereocenters. The Labute approximate surface area is 94.1 Å². The summed E-state index contributed by atoms with van der Waals surface area (Å²) in [6.45, 7) is 1.90. The number of phenols is 1. The Morgan fingerprint density at radius 3 is 2.69 bits per heavy atom. The highest BCUT2D eigenvalue weighted by molar-refractivity contribution is 5.73. The molecule has 1 rings (SSSR count). The van der Waals surface area contributed by atoms with Crippen molar-refractivity contribution in [3.05, 3.63) is 28.8 Å². The van der Waals surface area contributed by atoms with Gasteiger partial charge in [0.15, 0.2) is 0 Å². The summed E-state index contributed by atoms with van der Waals surface area (Å²) in [5.74, 6) is -0.412. The van der Waals surface area contributed by atoms with Crippen molar-refractivity contribution in [3.8, 4) is 11.8 Å². The van der Waals surface area contributed by atoms with Crippen molar-refractivity contribution in [1.29, 1.82) is 5.26 Å². The molecule has 0 spiro atoms. The number of benzene rings is 1. The van der Waals surface area contributed by atoms with Gasteiger partial charge in [0.05, 0.1) is 25.2 Å². The maximum Gasteiger partial charge on any atom is 0.310 e. The minimum Gasteiger partial charge on any atom is -0.508 e. The van der Waals surface area contributed by atoms with E-state index in [0.29, 0.717) is 17.5 Å². The number of nitrogens with zero attached hydrogens (tertiary/aromatic N) is 1. The van der Waals surface area contributed by atoms with E-state index in [1.54, 1.807) is 0 Å². The smallest absolute Gasteiger partial charge is 0.310 e. The molecular formula is C12H13NO3. The number of ether oxygens (including phenoxy) is 1. The molecule has 4 nitrogen and oxygen atoms in total. The van der Waals surface area contributed by atoms with Crippen molar-refractivity contribution in [2.75, 3.05) is 7.11 Å². The van der Waals surface area contributed by atoms with Crippen molar-refractivity contribution in [2.24, 2.45) is 0 Å². The first-order valence-corrected chi connectivity index (χ1v) is 4.94. The van der Waals surface area contributed by atoms with Gasteiger partial charge in [0.1, 0.15) is 5.75 Å². The number of rotatable bonds is 3. The summed E-state index contributed by atoms with van der Waals surface area (Å²) in [6, 6.07) is 5.10. The number of phenolic OH excluding ortho intramolecular Hbond substituents is 1. The highest BCUT2D eigenvalue weighted by atomic mass is 16.5. The Balaban J connectivity index is 3.12. The summed E-state index contributed by atoms with van der Waals surface area (Å²) in [5, 5.41) is 18.6. The van der Waals surface area contributed by atoms with Gasteiger partial charge in [-0.25, -0.2) is 0 Å². The molecule has 0 fully saturated rings. The molecule has 0 radical (unpaired) electrons. The van der Waals surface area contributed by atoms with Gasteiger partial charge in [0.25, 0.3) is 0 Å². The van der Waals surface area contributed by atoms with Crippen LogP contribution >= 0.6 is 0 Å². The fourth-order valence-corrected chi connectivity index (χ4v) is 1.44. The lowest BCUT2D eigenvalue weighted by Crippen LogP contribution is -2.05. The van der Waals surface area contributed by atoms with Crippen LogP contribution in [-0.2, 0) is 22.4 Å². The van der Waals surface area contributed by atoms with E-state index in [-0.39, 0.29) is 12.2 Å². The predicted molar refractivity (Wildman–Crippen MR) is 57.9 cm³/mol. The minimum absolute atomic E-state index is 0.0268. The normalized spacial score (nSPS) is 9.56. The fourth-order valence-electron chi connectivity index (χ4n) is 1.44. The van der Waals surface area contributed by atoms with Crippen molar-refractivity contribution >= 4 is 5.97 Å². The van der Waals surface area contributed by atoms with E-state index in [0.717, 1.165) is 5.56 Å². The SMILES string of the molecule is CCc1cc(O)c(CC(=O)OC)cc1C#N. The summed E-state index contributed by atoms with van der Waals surface area (Å²) in [6.07, 6.45) is 0.635. The summed E-state index contributed by atoms with van der Waals surface area (Å²) < 4.78 is 4.51. The molecule has 0 saturated heterocycles. The van der Waals surface area contributed by atoms with Gasteiger partial charge in [0.2, 0.25) is 0 Å². The van der Waals surface area contributed by atoms with E-state index in [1.807, 2.05) is 13.0 Å². The Hall–Kier alpha value is -2.02. The van der Waals surface area contributed by atoms with Crippen LogP contribution in [0.3, 0.4) is 0 Å². The Bertz CT molecular complexity index is 446. The van der Waals surface area contributed by atoms with Gasteiger partial charge in [0, 0.05) is 5.56 Å². The van der Waals surface area contributed by atoms with Gasteiger partial charge in [-0.05, 0) is 24.1 Å². The van der Waals surface area contributed by atoms with Crippen LogP contribution in [-0.4, -0.2) is 18.2 Å². The quantitative estimate of drug-likeness (QED) is 0.783. The van der Waals surface area contributed by atoms with Gasteiger partial charge in [-0.15, -0.1) is 0 Å². The summed E-state index contributed by atoms with van der Waals surface area (Å²) in [5.41, 5.74) is 1.67. The van der Waals surface area contributed by atoms with Crippen LogP contribution in [0.25, 0.3) is 0 Å². The highest BCUT2D eigenvalue weighted by Crippen LogP contribution is 2.23. The molecule has 0 aliphatic heterocycles. The molecule has 0 aliphatic rings. The highest BCUT2D eigenvalue weighted by Gasteiger charge is 2.11. The first-order chi connectivity index (χ1) is 7.62. The number of carbonyl (C=O) groups excluding carboxylic acids is 1. The topological polar surface area (TPSA) is 70.3 Å². The van der Waals surface area contributed by atoms with E-state index >= 15 is 0 Å². The van der Waals surface area contributed by atoms with Gasteiger partial charge in [-0.3, -0.25) is 4.79 Å². The number of aromatic hydroxyl groups is 1. The number of hydrogen-bond donors (Lipinski definition) is 1. The maximum absolute atomic E-state index is 11.1. The lowest BCUT2D eigenvalue weighted by atomic mass is 10.0. The van der Waals surface area contributed by atoms with Gasteiger partial charge in [-0.2, -0.15) is 5.26 Å². The molecule has 84 valence electrons. The molecule has 0 saturated carbocycles. The number of aryl methyl sites for hydroxylation is 1. The third-order valence-electron chi connectivity index (χ3n) is 2.37. The second-order valence-corrected chi connectivity index (χ2v) is 3.36. The van der Waals surface area contributed by atoms with Crippen LogP contribution in [0.15, 0.2) is 12.1 Å². The molecule has 1 aromatic carbocycles. The monoisotopic (exact) mass is 219 g/mol. The van der Waals surface area contributed by atoms with E-state index in [9.17, 15) is 9.90 Å². The molecule has 0 aliphatic carbocycles. The molecule has 1 N–H and O–H groups in total. The molecule has 0 heterocycles. The van der Waals surface area contributed by atoms with E-state index < -0.39 is 5.97 Å². The summed E-state index contributed by atoms with van der Waals surface area (Å²) in [4.78, 5) is 11.1. The zero-order valence-corrected chi connectivity index (χ0v) is 9.28. The van der Waals surface area contributed by atoms with Crippen molar-refractivity contribution in [2.45, 2.75) is 19.8 Å². The first kappa shape index (κ1) is 12.1. The molecular weight excluding hydrogens is 206 g/mol. The lowest BCUT2D eigenvalue weighted by molar-refractivity contribution is -0.139. The average molecular weight is 219 g/mol. The zero-order chi connectivity index (χ0) is 12.1. The van der Waals surface area contributed by atoms with Crippen molar-refractivity contribution < 1.29 is 14.6 Å². The summed E-state index contributed by atoms with van der Waals surface area (Å²) in [7, 11) is 1.28. The van der Waals surface area contributed by atoms with Crippen molar-refractivity contribution in [1.82, 2.24) is 0 Å². The van der Waals surface area contributed by atoms with Crippen LogP contribution in [0.4, 0.5) is 0 Å². The van der Waals surface area contributed by atoms with Crippen LogP contribution in [0.1, 0.15) is 23.6 Å². The molecule has 0 bridgehead atoms. The van der Waals surface area contributed by atoms with Gasteiger partial charge >= 0.3 is 5.97 Å². The second-order valence-electron chi connectivity index (χ2n) is 3.36. The fraction of sp³-hybridized carbons (Fsp3) is 0.333. The largest absolute Gasteiger partial charge is 0.508 e. The van der Waals surface area contributed by atoms with Crippen LogP contribution in [0.5, 0.6) is 5.75 Å². The number of hydrogen-bond acceptors (Lipinski definition) is 4. The van der Waals surface area contributed by atoms with Crippen LogP contribution < -0.4 is 0 Å². The molecule has 1 aromatic rings. The number of nitriles is 1. The van der Waals surface area contributed by atoms with Gasteiger partial charge < -0.3 is 9.84 Å². The predicted octanol–water partition coefficient (Wildman–Crippen LogP) is 1.54. The van der Waals surface area contributed by atoms with E-state index in [2.05, 4.69) is 4.74 Å². The zero-order valence-electron chi connectivity index (χ0n) is 9.28. The van der Waals surface area contributed by atoms with E-state index in [4.69, 9.17) is 5.26 Å². The Morgan fingerprint density at radius 1 is 1.50 bits per heavy atom. The third kappa shape index (κ3) is 2.51.